The summed E-state index contributed by atoms with van der Waals surface area (Å²) >= 11 is 0. The molecule has 0 saturated carbocycles. The van der Waals surface area contributed by atoms with Crippen LogP contribution in [0.2, 0.25) is 0 Å². The van der Waals surface area contributed by atoms with Gasteiger partial charge in [0.05, 0.1) is 0 Å². The van der Waals surface area contributed by atoms with Crippen LogP contribution in [0.15, 0.2) is 0 Å². The Hall–Kier alpha value is -0.570. The van der Waals surface area contributed by atoms with Crippen LogP contribution in [0.5, 0.6) is 0 Å². The normalized spacial score (nSPS) is 32.8. The number of hydrogen-bond acceptors (Lipinski definition) is 2. The molecule has 52 valence electrons. The van der Waals surface area contributed by atoms with Crippen molar-refractivity contribution in [1.82, 2.24) is 5.32 Å². The fourth-order valence-electron chi connectivity index (χ4n) is 0.954. The van der Waals surface area contributed by atoms with Crippen LogP contribution in [0, 0.1) is 5.92 Å². The number of carboxylic acid groups (broad SMARTS) is 1. The third-order valence-corrected chi connectivity index (χ3v) is 1.61. The molecule has 2 atom stereocenters. The van der Waals surface area contributed by atoms with Crippen molar-refractivity contribution in [3.63, 3.8) is 0 Å². The largest absolute Gasteiger partial charge is 0.480 e. The molecule has 0 aliphatic carbocycles. The quantitative estimate of drug-likeness (QED) is 0.518. The number of aliphatic carboxylic acids is 1. The van der Waals surface area contributed by atoms with Gasteiger partial charge in [0.15, 0.2) is 0 Å². The van der Waals surface area contributed by atoms with Gasteiger partial charge < -0.3 is 5.11 Å². The Morgan fingerprint density at radius 3 is 2.33 bits per heavy atom. The molecule has 0 amide bonds. The van der Waals surface area contributed by atoms with Crippen LogP contribution in [0.4, 0.5) is 0 Å². The monoisotopic (exact) mass is 129 g/mol. The van der Waals surface area contributed by atoms with Crippen LogP contribution in [0.25, 0.3) is 0 Å². The highest BCUT2D eigenvalue weighted by Gasteiger charge is 2.43. The molecule has 0 bridgehead atoms. The van der Waals surface area contributed by atoms with Gasteiger partial charge in [0, 0.05) is 6.04 Å². The van der Waals surface area contributed by atoms with Crippen molar-refractivity contribution in [3.05, 3.63) is 0 Å². The molecule has 1 fully saturated rings. The Morgan fingerprint density at radius 1 is 1.67 bits per heavy atom. The van der Waals surface area contributed by atoms with E-state index in [2.05, 4.69) is 5.32 Å². The molecule has 3 heteroatoms. The van der Waals surface area contributed by atoms with E-state index >= 15 is 0 Å². The van der Waals surface area contributed by atoms with Gasteiger partial charge in [-0.25, -0.2) is 0 Å². The van der Waals surface area contributed by atoms with Gasteiger partial charge in [-0.15, -0.1) is 0 Å². The number of carbonyl (C=O) groups is 1. The van der Waals surface area contributed by atoms with Crippen LogP contribution < -0.4 is 5.32 Å². The average Bonchev–Trinajstić information content (AvgIpc) is 2.39. The molecule has 0 aromatic carbocycles. The van der Waals surface area contributed by atoms with E-state index in [0.717, 1.165) is 0 Å². The maximum atomic E-state index is 10.2. The first-order chi connectivity index (χ1) is 4.13. The first-order valence-electron chi connectivity index (χ1n) is 3.12. The maximum Gasteiger partial charge on any atom is 0.322 e. The van der Waals surface area contributed by atoms with Gasteiger partial charge >= 0.3 is 5.97 Å². The van der Waals surface area contributed by atoms with Gasteiger partial charge in [0.25, 0.3) is 0 Å². The predicted octanol–water partition coefficient (Wildman–Crippen LogP) is 0.0674. The standard InChI is InChI=1S/C6H11NO2/c1-3(2)4-5(7-4)6(8)9/h3-5,7H,1-2H3,(H,8,9)/t4-,5-/m0/s1. The Morgan fingerprint density at radius 2 is 2.22 bits per heavy atom. The Balaban J connectivity index is 2.33. The van der Waals surface area contributed by atoms with Crippen molar-refractivity contribution in [2.45, 2.75) is 25.9 Å². The summed E-state index contributed by atoms with van der Waals surface area (Å²) in [6.07, 6.45) is 0. The van der Waals surface area contributed by atoms with E-state index in [0.29, 0.717) is 5.92 Å². The molecule has 0 unspecified atom stereocenters. The molecular weight excluding hydrogens is 118 g/mol. The van der Waals surface area contributed by atoms with E-state index in [9.17, 15) is 4.79 Å². The summed E-state index contributed by atoms with van der Waals surface area (Å²) in [5.74, 6) is -0.292. The maximum absolute atomic E-state index is 10.2. The highest BCUT2D eigenvalue weighted by molar-refractivity contribution is 5.78. The first-order valence-corrected chi connectivity index (χ1v) is 3.12. The minimum Gasteiger partial charge on any atom is -0.480 e. The summed E-state index contributed by atoms with van der Waals surface area (Å²) in [4.78, 5) is 10.2. The van der Waals surface area contributed by atoms with E-state index in [1.165, 1.54) is 0 Å². The lowest BCUT2D eigenvalue weighted by molar-refractivity contribution is -0.136. The van der Waals surface area contributed by atoms with Crippen molar-refractivity contribution in [3.8, 4) is 0 Å². The number of nitrogens with one attached hydrogen (secondary N) is 1. The Kier molecular flexibility index (Phi) is 1.45. The first kappa shape index (κ1) is 6.55. The molecule has 0 radical (unpaired) electrons. The van der Waals surface area contributed by atoms with Crippen LogP contribution >= 0.6 is 0 Å². The molecule has 0 aromatic heterocycles. The third-order valence-electron chi connectivity index (χ3n) is 1.61. The van der Waals surface area contributed by atoms with Crippen molar-refractivity contribution < 1.29 is 9.90 Å². The summed E-state index contributed by atoms with van der Waals surface area (Å²) < 4.78 is 0. The molecule has 1 saturated heterocycles. The van der Waals surface area contributed by atoms with Gasteiger partial charge in [-0.3, -0.25) is 10.1 Å². The number of carboxylic acids is 1. The van der Waals surface area contributed by atoms with E-state index in [1.807, 2.05) is 13.8 Å². The van der Waals surface area contributed by atoms with Gasteiger partial charge in [0.1, 0.15) is 6.04 Å². The minimum atomic E-state index is -0.728. The van der Waals surface area contributed by atoms with Crippen molar-refractivity contribution in [2.24, 2.45) is 5.92 Å². The van der Waals surface area contributed by atoms with Gasteiger partial charge in [-0.05, 0) is 5.92 Å². The molecular formula is C6H11NO2. The average molecular weight is 129 g/mol. The van der Waals surface area contributed by atoms with Crippen LogP contribution in [-0.2, 0) is 4.79 Å². The Labute approximate surface area is 54.1 Å². The highest BCUT2D eigenvalue weighted by Crippen LogP contribution is 2.19. The van der Waals surface area contributed by atoms with E-state index in [-0.39, 0.29) is 12.1 Å². The van der Waals surface area contributed by atoms with Crippen LogP contribution in [0.1, 0.15) is 13.8 Å². The molecule has 1 aliphatic heterocycles. The molecule has 3 nitrogen and oxygen atoms in total. The summed E-state index contributed by atoms with van der Waals surface area (Å²) in [6, 6.07) is -0.0625. The SMILES string of the molecule is CC(C)[C@@H]1N[C@@H]1C(=O)O. The second kappa shape index (κ2) is 1.99. The molecule has 1 heterocycles. The van der Waals surface area contributed by atoms with Crippen LogP contribution in [0.3, 0.4) is 0 Å². The molecule has 9 heavy (non-hydrogen) atoms. The summed E-state index contributed by atoms with van der Waals surface area (Å²) in [6.45, 7) is 4.03. The Bertz CT molecular complexity index is 133. The zero-order valence-electron chi connectivity index (χ0n) is 5.59. The van der Waals surface area contributed by atoms with Crippen molar-refractivity contribution in [2.75, 3.05) is 0 Å². The third kappa shape index (κ3) is 1.21. The molecule has 0 aromatic rings. The topological polar surface area (TPSA) is 59.2 Å². The van der Waals surface area contributed by atoms with E-state index in [4.69, 9.17) is 5.11 Å². The molecule has 1 rings (SSSR count). The highest BCUT2D eigenvalue weighted by atomic mass is 16.4. The van der Waals surface area contributed by atoms with Gasteiger partial charge in [0.2, 0.25) is 0 Å². The lowest BCUT2D eigenvalue weighted by Crippen LogP contribution is -2.11. The van der Waals surface area contributed by atoms with E-state index in [1.54, 1.807) is 0 Å². The predicted molar refractivity (Wildman–Crippen MR) is 33.2 cm³/mol. The summed E-state index contributed by atoms with van der Waals surface area (Å²) in [5, 5.41) is 11.3. The smallest absolute Gasteiger partial charge is 0.322 e. The summed E-state index contributed by atoms with van der Waals surface area (Å²) in [5.41, 5.74) is 0. The van der Waals surface area contributed by atoms with Gasteiger partial charge in [-0.1, -0.05) is 13.8 Å². The minimum absolute atomic E-state index is 0.211. The molecule has 0 spiro atoms. The second-order valence-electron chi connectivity index (χ2n) is 2.75. The number of rotatable bonds is 2. The fraction of sp³-hybridized carbons (Fsp3) is 0.833. The van der Waals surface area contributed by atoms with Crippen LogP contribution in [-0.4, -0.2) is 23.2 Å². The number of hydrogen-bond donors (Lipinski definition) is 2. The van der Waals surface area contributed by atoms with Gasteiger partial charge in [-0.2, -0.15) is 0 Å². The zero-order valence-corrected chi connectivity index (χ0v) is 5.59. The lowest BCUT2D eigenvalue weighted by atomic mass is 10.1. The van der Waals surface area contributed by atoms with E-state index < -0.39 is 5.97 Å². The van der Waals surface area contributed by atoms with Crippen molar-refractivity contribution in [1.29, 1.82) is 0 Å². The molecule has 1 aliphatic rings. The molecule has 2 N–H and O–H groups in total. The fourth-order valence-corrected chi connectivity index (χ4v) is 0.954. The van der Waals surface area contributed by atoms with Crippen molar-refractivity contribution >= 4 is 5.97 Å². The second-order valence-corrected chi connectivity index (χ2v) is 2.75. The summed E-state index contributed by atoms with van der Waals surface area (Å²) in [7, 11) is 0. The zero-order chi connectivity index (χ0) is 7.02. The lowest BCUT2D eigenvalue weighted by Gasteiger charge is -1.95.